The lowest BCUT2D eigenvalue weighted by Crippen LogP contribution is -2.47. The van der Waals surface area contributed by atoms with Gasteiger partial charge in [0.2, 0.25) is 0 Å². The molecule has 1 saturated heterocycles. The molecule has 1 aliphatic rings. The molecule has 1 atom stereocenters. The molecule has 1 aromatic carbocycles. The number of nitrogens with two attached hydrogens (primary N) is 1. The minimum Gasteiger partial charge on any atom is -0.483 e. The monoisotopic (exact) mass is 282 g/mol. The van der Waals surface area contributed by atoms with Gasteiger partial charge in [-0.1, -0.05) is 17.7 Å². The predicted octanol–water partition coefficient (Wildman–Crippen LogP) is 1.98. The van der Waals surface area contributed by atoms with Crippen LogP contribution in [0, 0.1) is 6.92 Å². The van der Waals surface area contributed by atoms with Crippen molar-refractivity contribution in [2.75, 3.05) is 19.7 Å². The molecule has 0 bridgehead atoms. The highest BCUT2D eigenvalue weighted by Gasteiger charge is 2.21. The van der Waals surface area contributed by atoms with E-state index in [0.29, 0.717) is 17.3 Å². The summed E-state index contributed by atoms with van der Waals surface area (Å²) >= 11 is 6.01. The van der Waals surface area contributed by atoms with Gasteiger partial charge < -0.3 is 15.4 Å². The number of amides is 1. The van der Waals surface area contributed by atoms with Crippen LogP contribution in [0.5, 0.6) is 5.75 Å². The number of carbonyl (C=O) groups is 1. The Morgan fingerprint density at radius 3 is 3.11 bits per heavy atom. The molecular weight excluding hydrogens is 264 g/mol. The molecule has 1 amide bonds. The molecule has 2 rings (SSSR count). The number of piperidine rings is 1. The summed E-state index contributed by atoms with van der Waals surface area (Å²) < 4.78 is 5.55. The first-order valence-electron chi connectivity index (χ1n) is 6.49. The lowest BCUT2D eigenvalue weighted by Gasteiger charge is -2.30. The molecule has 0 spiro atoms. The van der Waals surface area contributed by atoms with Crippen molar-refractivity contribution in [2.45, 2.75) is 25.8 Å². The number of likely N-dealkylation sites (tertiary alicyclic amines) is 1. The smallest absolute Gasteiger partial charge is 0.260 e. The maximum absolute atomic E-state index is 12.0. The molecule has 5 heteroatoms. The standard InChI is InChI=1S/C14H19ClN2O2/c1-10-12(15)5-2-6-13(10)19-9-14(18)17-7-3-4-11(16)8-17/h2,5-6,11H,3-4,7-9,16H2,1H3. The molecule has 1 aromatic rings. The summed E-state index contributed by atoms with van der Waals surface area (Å²) in [6.07, 6.45) is 1.95. The second-order valence-corrected chi connectivity index (χ2v) is 5.30. The molecule has 0 aromatic heterocycles. The largest absolute Gasteiger partial charge is 0.483 e. The molecule has 2 N–H and O–H groups in total. The number of hydrogen-bond donors (Lipinski definition) is 1. The first-order valence-corrected chi connectivity index (χ1v) is 6.87. The highest BCUT2D eigenvalue weighted by molar-refractivity contribution is 6.31. The van der Waals surface area contributed by atoms with E-state index in [2.05, 4.69) is 0 Å². The number of nitrogens with zero attached hydrogens (tertiary/aromatic N) is 1. The number of halogens is 1. The van der Waals surface area contributed by atoms with Gasteiger partial charge in [-0.2, -0.15) is 0 Å². The van der Waals surface area contributed by atoms with Gasteiger partial charge in [-0.3, -0.25) is 4.79 Å². The Morgan fingerprint density at radius 2 is 2.37 bits per heavy atom. The molecule has 1 aliphatic heterocycles. The van der Waals surface area contributed by atoms with E-state index in [0.717, 1.165) is 24.9 Å². The second kappa shape index (κ2) is 6.26. The van der Waals surface area contributed by atoms with Gasteiger partial charge in [0.15, 0.2) is 6.61 Å². The van der Waals surface area contributed by atoms with Gasteiger partial charge in [0.1, 0.15) is 5.75 Å². The van der Waals surface area contributed by atoms with E-state index < -0.39 is 0 Å². The number of rotatable bonds is 3. The van der Waals surface area contributed by atoms with E-state index in [9.17, 15) is 4.79 Å². The summed E-state index contributed by atoms with van der Waals surface area (Å²) in [5.74, 6) is 0.636. The van der Waals surface area contributed by atoms with Crippen molar-refractivity contribution in [1.82, 2.24) is 4.90 Å². The molecule has 0 radical (unpaired) electrons. The molecule has 1 unspecified atom stereocenters. The molecular formula is C14H19ClN2O2. The first-order chi connectivity index (χ1) is 9.08. The summed E-state index contributed by atoms with van der Waals surface area (Å²) in [6, 6.07) is 5.52. The Morgan fingerprint density at radius 1 is 1.58 bits per heavy atom. The maximum Gasteiger partial charge on any atom is 0.260 e. The van der Waals surface area contributed by atoms with E-state index in [-0.39, 0.29) is 18.6 Å². The lowest BCUT2D eigenvalue weighted by molar-refractivity contribution is -0.134. The van der Waals surface area contributed by atoms with Crippen LogP contribution < -0.4 is 10.5 Å². The number of hydrogen-bond acceptors (Lipinski definition) is 3. The van der Waals surface area contributed by atoms with E-state index in [1.807, 2.05) is 19.1 Å². The number of carbonyl (C=O) groups excluding carboxylic acids is 1. The average molecular weight is 283 g/mol. The van der Waals surface area contributed by atoms with Gasteiger partial charge in [-0.05, 0) is 31.9 Å². The highest BCUT2D eigenvalue weighted by atomic mass is 35.5. The third-order valence-corrected chi connectivity index (χ3v) is 3.79. The van der Waals surface area contributed by atoms with Crippen molar-refractivity contribution in [2.24, 2.45) is 5.73 Å². The van der Waals surface area contributed by atoms with Crippen LogP contribution in [-0.4, -0.2) is 36.5 Å². The van der Waals surface area contributed by atoms with Crippen LogP contribution in [0.1, 0.15) is 18.4 Å². The van der Waals surface area contributed by atoms with E-state index in [4.69, 9.17) is 22.1 Å². The van der Waals surface area contributed by atoms with Crippen LogP contribution in [0.15, 0.2) is 18.2 Å². The average Bonchev–Trinajstić information content (AvgIpc) is 2.40. The van der Waals surface area contributed by atoms with Crippen molar-refractivity contribution in [1.29, 1.82) is 0 Å². The third-order valence-electron chi connectivity index (χ3n) is 3.38. The molecule has 1 fully saturated rings. The fourth-order valence-electron chi connectivity index (χ4n) is 2.21. The fourth-order valence-corrected chi connectivity index (χ4v) is 2.38. The quantitative estimate of drug-likeness (QED) is 0.922. The van der Waals surface area contributed by atoms with Crippen molar-refractivity contribution in [3.8, 4) is 5.75 Å². The summed E-state index contributed by atoms with van der Waals surface area (Å²) in [4.78, 5) is 13.8. The minimum atomic E-state index is -0.0190. The highest BCUT2D eigenvalue weighted by Crippen LogP contribution is 2.25. The summed E-state index contributed by atoms with van der Waals surface area (Å²) in [5.41, 5.74) is 6.72. The zero-order valence-electron chi connectivity index (χ0n) is 11.1. The Bertz CT molecular complexity index is 465. The van der Waals surface area contributed by atoms with Gasteiger partial charge in [-0.15, -0.1) is 0 Å². The Balaban J connectivity index is 1.91. The molecule has 0 saturated carbocycles. The lowest BCUT2D eigenvalue weighted by atomic mass is 10.1. The van der Waals surface area contributed by atoms with Gasteiger partial charge in [0.05, 0.1) is 0 Å². The minimum absolute atomic E-state index is 0.0190. The zero-order valence-corrected chi connectivity index (χ0v) is 11.8. The van der Waals surface area contributed by atoms with Crippen LogP contribution in [0.4, 0.5) is 0 Å². The van der Waals surface area contributed by atoms with Crippen LogP contribution >= 0.6 is 11.6 Å². The fraction of sp³-hybridized carbons (Fsp3) is 0.500. The number of benzene rings is 1. The summed E-state index contributed by atoms with van der Waals surface area (Å²) in [6.45, 7) is 3.30. The van der Waals surface area contributed by atoms with Gasteiger partial charge >= 0.3 is 0 Å². The van der Waals surface area contributed by atoms with Crippen molar-refractivity contribution >= 4 is 17.5 Å². The van der Waals surface area contributed by atoms with Gasteiger partial charge in [-0.25, -0.2) is 0 Å². The summed E-state index contributed by atoms with van der Waals surface area (Å²) in [5, 5.41) is 0.643. The van der Waals surface area contributed by atoms with Crippen LogP contribution in [0.25, 0.3) is 0 Å². The molecule has 0 aliphatic carbocycles. The zero-order chi connectivity index (χ0) is 13.8. The van der Waals surface area contributed by atoms with Crippen molar-refractivity contribution in [3.63, 3.8) is 0 Å². The number of ether oxygens (including phenoxy) is 1. The first kappa shape index (κ1) is 14.2. The van der Waals surface area contributed by atoms with Gasteiger partial charge in [0.25, 0.3) is 5.91 Å². The topological polar surface area (TPSA) is 55.6 Å². The Hall–Kier alpha value is -1.26. The van der Waals surface area contributed by atoms with Crippen LogP contribution in [-0.2, 0) is 4.79 Å². The third kappa shape index (κ3) is 3.61. The Labute approximate surface area is 118 Å². The molecule has 19 heavy (non-hydrogen) atoms. The van der Waals surface area contributed by atoms with E-state index in [1.165, 1.54) is 0 Å². The van der Waals surface area contributed by atoms with Crippen molar-refractivity contribution in [3.05, 3.63) is 28.8 Å². The van der Waals surface area contributed by atoms with Crippen molar-refractivity contribution < 1.29 is 9.53 Å². The molecule has 1 heterocycles. The van der Waals surface area contributed by atoms with Gasteiger partial charge in [0, 0.05) is 29.7 Å². The molecule has 104 valence electrons. The normalized spacial score (nSPS) is 19.3. The Kier molecular flexibility index (Phi) is 4.66. The summed E-state index contributed by atoms with van der Waals surface area (Å²) in [7, 11) is 0. The van der Waals surface area contributed by atoms with Crippen LogP contribution in [0.2, 0.25) is 5.02 Å². The SMILES string of the molecule is Cc1c(Cl)cccc1OCC(=O)N1CCCC(N)C1. The predicted molar refractivity (Wildman–Crippen MR) is 75.5 cm³/mol. The second-order valence-electron chi connectivity index (χ2n) is 4.89. The maximum atomic E-state index is 12.0. The van der Waals surface area contributed by atoms with E-state index in [1.54, 1.807) is 11.0 Å². The molecule has 4 nitrogen and oxygen atoms in total. The van der Waals surface area contributed by atoms with E-state index >= 15 is 0 Å². The van der Waals surface area contributed by atoms with Crippen LogP contribution in [0.3, 0.4) is 0 Å².